The fraction of sp³-hybridized carbons (Fsp3) is 0.400. The minimum Gasteiger partial charge on any atom is -0.304 e. The second-order valence-electron chi connectivity index (χ2n) is 3.35. The van der Waals surface area contributed by atoms with E-state index in [0.29, 0.717) is 0 Å². The largest absolute Gasteiger partial charge is 0.304 e. The highest BCUT2D eigenvalue weighted by Crippen LogP contribution is 2.15. The molecule has 1 aromatic rings. The molecule has 1 rings (SSSR count). The van der Waals surface area contributed by atoms with Crippen LogP contribution in [0, 0.1) is 0 Å². The Kier molecular flexibility index (Phi) is 3.98. The Labute approximate surface area is 88.1 Å². The van der Waals surface area contributed by atoms with Crippen molar-refractivity contribution in [1.29, 1.82) is 0 Å². The molecule has 0 atom stereocenters. The van der Waals surface area contributed by atoms with Crippen molar-refractivity contribution < 1.29 is 4.79 Å². The predicted octanol–water partition coefficient (Wildman–Crippen LogP) is 1.81. The van der Waals surface area contributed by atoms with Crippen LogP contribution >= 0.6 is 11.3 Å². The smallest absolute Gasteiger partial charge is 0.152 e. The number of allylic oxidation sites excluding steroid dienone is 1. The number of rotatable bonds is 4. The molecule has 0 spiro atoms. The molecule has 0 radical (unpaired) electrons. The lowest BCUT2D eigenvalue weighted by Gasteiger charge is -2.05. The Balaban J connectivity index is 2.63. The summed E-state index contributed by atoms with van der Waals surface area (Å²) in [6.45, 7) is 2.43. The third-order valence-electron chi connectivity index (χ3n) is 1.50. The molecule has 1 aromatic heterocycles. The summed E-state index contributed by atoms with van der Waals surface area (Å²) in [5, 5.41) is 0.886. The number of carbonyl (C=O) groups excluding carboxylic acids is 1. The van der Waals surface area contributed by atoms with Gasteiger partial charge in [-0.2, -0.15) is 0 Å². The van der Waals surface area contributed by atoms with Gasteiger partial charge in [0.05, 0.1) is 0 Å². The van der Waals surface area contributed by atoms with Gasteiger partial charge >= 0.3 is 0 Å². The molecule has 0 saturated carbocycles. The number of aromatic nitrogens is 1. The zero-order chi connectivity index (χ0) is 10.6. The number of hydrogen-bond donors (Lipinski definition) is 0. The normalized spacial score (nSPS) is 11.4. The van der Waals surface area contributed by atoms with Crippen molar-refractivity contribution in [2.75, 3.05) is 14.1 Å². The van der Waals surface area contributed by atoms with E-state index < -0.39 is 0 Å². The van der Waals surface area contributed by atoms with E-state index in [2.05, 4.69) is 9.88 Å². The first-order valence-corrected chi connectivity index (χ1v) is 5.17. The monoisotopic (exact) mass is 210 g/mol. The van der Waals surface area contributed by atoms with E-state index in [0.717, 1.165) is 11.6 Å². The van der Waals surface area contributed by atoms with Crippen LogP contribution in [-0.2, 0) is 11.3 Å². The molecule has 76 valence electrons. The van der Waals surface area contributed by atoms with Crippen LogP contribution in [0.15, 0.2) is 12.3 Å². The average Bonchev–Trinajstić information content (AvgIpc) is 2.47. The SMILES string of the molecule is CC(=O)/C=C/c1ncc(CN(C)C)s1. The lowest BCUT2D eigenvalue weighted by atomic mass is 10.4. The zero-order valence-corrected chi connectivity index (χ0v) is 9.47. The van der Waals surface area contributed by atoms with Crippen molar-refractivity contribution in [1.82, 2.24) is 9.88 Å². The van der Waals surface area contributed by atoms with E-state index in [9.17, 15) is 4.79 Å². The Morgan fingerprint density at radius 1 is 1.64 bits per heavy atom. The fourth-order valence-corrected chi connectivity index (χ4v) is 1.91. The highest BCUT2D eigenvalue weighted by molar-refractivity contribution is 7.12. The van der Waals surface area contributed by atoms with Crippen LogP contribution in [0.5, 0.6) is 0 Å². The van der Waals surface area contributed by atoms with Crippen molar-refractivity contribution in [3.05, 3.63) is 22.2 Å². The third-order valence-corrected chi connectivity index (χ3v) is 2.45. The molecule has 1 heterocycles. The zero-order valence-electron chi connectivity index (χ0n) is 8.65. The second kappa shape index (κ2) is 5.02. The summed E-state index contributed by atoms with van der Waals surface area (Å²) in [6.07, 6.45) is 5.15. The van der Waals surface area contributed by atoms with Gasteiger partial charge in [-0.05, 0) is 33.2 Å². The van der Waals surface area contributed by atoms with Crippen LogP contribution in [-0.4, -0.2) is 29.8 Å². The minimum absolute atomic E-state index is 0.0503. The van der Waals surface area contributed by atoms with Crippen molar-refractivity contribution in [2.45, 2.75) is 13.5 Å². The summed E-state index contributed by atoms with van der Waals surface area (Å²) in [6, 6.07) is 0. The summed E-state index contributed by atoms with van der Waals surface area (Å²) in [7, 11) is 4.04. The molecule has 3 nitrogen and oxygen atoms in total. The summed E-state index contributed by atoms with van der Waals surface area (Å²) in [4.78, 5) is 18.2. The molecule has 0 amide bonds. The van der Waals surface area contributed by atoms with Crippen LogP contribution in [0.3, 0.4) is 0 Å². The summed E-state index contributed by atoms with van der Waals surface area (Å²) in [5.74, 6) is 0.0503. The quantitative estimate of drug-likeness (QED) is 0.711. The van der Waals surface area contributed by atoms with Crippen LogP contribution in [0.4, 0.5) is 0 Å². The van der Waals surface area contributed by atoms with Crippen LogP contribution in [0.25, 0.3) is 6.08 Å². The van der Waals surface area contributed by atoms with E-state index >= 15 is 0 Å². The minimum atomic E-state index is 0.0503. The highest BCUT2D eigenvalue weighted by atomic mass is 32.1. The molecule has 0 aromatic carbocycles. The summed E-state index contributed by atoms with van der Waals surface area (Å²) in [5.41, 5.74) is 0. The molecule has 0 bridgehead atoms. The van der Waals surface area contributed by atoms with Gasteiger partial charge in [-0.3, -0.25) is 4.79 Å². The third kappa shape index (κ3) is 3.81. The molecular weight excluding hydrogens is 196 g/mol. The van der Waals surface area contributed by atoms with Gasteiger partial charge in [0.15, 0.2) is 5.78 Å². The number of hydrogen-bond acceptors (Lipinski definition) is 4. The molecule has 0 N–H and O–H groups in total. The standard InChI is InChI=1S/C10H14N2OS/c1-8(13)4-5-10-11-6-9(14-10)7-12(2)3/h4-6H,7H2,1-3H3/b5-4+. The van der Waals surface area contributed by atoms with Gasteiger partial charge in [-0.15, -0.1) is 11.3 Å². The van der Waals surface area contributed by atoms with Gasteiger partial charge in [0.1, 0.15) is 5.01 Å². The lowest BCUT2D eigenvalue weighted by Crippen LogP contribution is -2.09. The van der Waals surface area contributed by atoms with Crippen LogP contribution in [0.1, 0.15) is 16.8 Å². The summed E-state index contributed by atoms with van der Waals surface area (Å²) >= 11 is 1.61. The predicted molar refractivity (Wildman–Crippen MR) is 59.2 cm³/mol. The molecule has 14 heavy (non-hydrogen) atoms. The maximum atomic E-state index is 10.7. The van der Waals surface area contributed by atoms with E-state index in [1.54, 1.807) is 17.4 Å². The van der Waals surface area contributed by atoms with Crippen LogP contribution < -0.4 is 0 Å². The van der Waals surface area contributed by atoms with Gasteiger partial charge in [-0.1, -0.05) is 0 Å². The van der Waals surface area contributed by atoms with Crippen molar-refractivity contribution >= 4 is 23.2 Å². The van der Waals surface area contributed by atoms with Crippen molar-refractivity contribution in [2.24, 2.45) is 0 Å². The average molecular weight is 210 g/mol. The number of thiazole rings is 1. The Morgan fingerprint density at radius 2 is 2.36 bits per heavy atom. The molecule has 0 saturated heterocycles. The van der Waals surface area contributed by atoms with E-state index in [-0.39, 0.29) is 5.78 Å². The van der Waals surface area contributed by atoms with E-state index in [1.165, 1.54) is 17.9 Å². The second-order valence-corrected chi connectivity index (χ2v) is 4.49. The van der Waals surface area contributed by atoms with Crippen molar-refractivity contribution in [3.63, 3.8) is 0 Å². The lowest BCUT2D eigenvalue weighted by molar-refractivity contribution is -0.112. The molecule has 0 unspecified atom stereocenters. The molecule has 0 fully saturated rings. The van der Waals surface area contributed by atoms with Gasteiger partial charge in [0, 0.05) is 17.6 Å². The first-order chi connectivity index (χ1) is 6.58. The molecule has 0 aliphatic carbocycles. The molecular formula is C10H14N2OS. The highest BCUT2D eigenvalue weighted by Gasteiger charge is 2.00. The van der Waals surface area contributed by atoms with Gasteiger partial charge in [-0.25, -0.2) is 4.98 Å². The van der Waals surface area contributed by atoms with E-state index in [4.69, 9.17) is 0 Å². The van der Waals surface area contributed by atoms with E-state index in [1.807, 2.05) is 20.3 Å². The first-order valence-electron chi connectivity index (χ1n) is 4.36. The van der Waals surface area contributed by atoms with Gasteiger partial charge in [0.25, 0.3) is 0 Å². The Bertz CT molecular complexity index is 342. The maximum Gasteiger partial charge on any atom is 0.152 e. The fourth-order valence-electron chi connectivity index (χ4n) is 0.973. The van der Waals surface area contributed by atoms with Gasteiger partial charge in [0.2, 0.25) is 0 Å². The van der Waals surface area contributed by atoms with Crippen molar-refractivity contribution in [3.8, 4) is 0 Å². The first kappa shape index (κ1) is 11.1. The number of nitrogens with zero attached hydrogens (tertiary/aromatic N) is 2. The van der Waals surface area contributed by atoms with Crippen LogP contribution in [0.2, 0.25) is 0 Å². The Morgan fingerprint density at radius 3 is 2.93 bits per heavy atom. The number of ketones is 1. The molecule has 4 heteroatoms. The molecule has 0 aliphatic heterocycles. The summed E-state index contributed by atoms with van der Waals surface area (Å²) < 4.78 is 0. The topological polar surface area (TPSA) is 33.2 Å². The van der Waals surface area contributed by atoms with Gasteiger partial charge < -0.3 is 4.90 Å². The molecule has 0 aliphatic rings. The Hall–Kier alpha value is -1.00. The number of carbonyl (C=O) groups is 1. The maximum absolute atomic E-state index is 10.7.